The van der Waals surface area contributed by atoms with Crippen molar-refractivity contribution in [3.8, 4) is 0 Å². The van der Waals surface area contributed by atoms with Gasteiger partial charge >= 0.3 is 5.97 Å². The molecule has 0 bridgehead atoms. The standard InChI is InChI=1S/C15H12BrNO2/c1-2-19-15(18)9-6-7-10-11-4-3-5-12(16)14(11)17-13(10)8-9/h3-8,17H,2H2,1H3. The molecule has 1 aromatic heterocycles. The van der Waals surface area contributed by atoms with Crippen molar-refractivity contribution in [1.29, 1.82) is 0 Å². The highest BCUT2D eigenvalue weighted by atomic mass is 79.9. The van der Waals surface area contributed by atoms with E-state index in [1.54, 1.807) is 13.0 Å². The normalized spacial score (nSPS) is 11.1. The van der Waals surface area contributed by atoms with Crippen LogP contribution in [0.4, 0.5) is 0 Å². The van der Waals surface area contributed by atoms with Gasteiger partial charge in [0.1, 0.15) is 0 Å². The number of aromatic nitrogens is 1. The Morgan fingerprint density at radius 2 is 2.11 bits per heavy atom. The van der Waals surface area contributed by atoms with E-state index in [4.69, 9.17) is 4.74 Å². The Labute approximate surface area is 118 Å². The first kappa shape index (κ1) is 12.2. The summed E-state index contributed by atoms with van der Waals surface area (Å²) in [6.07, 6.45) is 0. The zero-order valence-electron chi connectivity index (χ0n) is 10.4. The molecule has 3 rings (SSSR count). The Morgan fingerprint density at radius 1 is 1.26 bits per heavy atom. The van der Waals surface area contributed by atoms with Gasteiger partial charge in [-0.15, -0.1) is 0 Å². The first-order chi connectivity index (χ1) is 9.20. The van der Waals surface area contributed by atoms with Crippen LogP contribution < -0.4 is 0 Å². The summed E-state index contributed by atoms with van der Waals surface area (Å²) in [5.74, 6) is -0.290. The second kappa shape index (κ2) is 4.70. The van der Waals surface area contributed by atoms with Gasteiger partial charge < -0.3 is 9.72 Å². The topological polar surface area (TPSA) is 42.1 Å². The number of ether oxygens (including phenoxy) is 1. The van der Waals surface area contributed by atoms with Gasteiger partial charge in [0.2, 0.25) is 0 Å². The lowest BCUT2D eigenvalue weighted by Gasteiger charge is -2.01. The first-order valence-corrected chi connectivity index (χ1v) is 6.87. The van der Waals surface area contributed by atoms with E-state index in [-0.39, 0.29) is 5.97 Å². The number of nitrogens with one attached hydrogen (secondary N) is 1. The number of halogens is 1. The van der Waals surface area contributed by atoms with Gasteiger partial charge in [0, 0.05) is 20.8 Å². The maximum Gasteiger partial charge on any atom is 0.338 e. The van der Waals surface area contributed by atoms with Gasteiger partial charge in [-0.3, -0.25) is 0 Å². The zero-order valence-corrected chi connectivity index (χ0v) is 12.0. The number of hydrogen-bond acceptors (Lipinski definition) is 2. The molecule has 0 fully saturated rings. The summed E-state index contributed by atoms with van der Waals surface area (Å²) in [6.45, 7) is 2.19. The Balaban J connectivity index is 2.21. The molecular formula is C15H12BrNO2. The molecule has 4 heteroatoms. The molecule has 0 amide bonds. The Bertz CT molecular complexity index is 776. The quantitative estimate of drug-likeness (QED) is 0.717. The first-order valence-electron chi connectivity index (χ1n) is 6.08. The average molecular weight is 318 g/mol. The van der Waals surface area contributed by atoms with E-state index in [1.807, 2.05) is 24.3 Å². The summed E-state index contributed by atoms with van der Waals surface area (Å²) in [4.78, 5) is 15.1. The molecule has 0 saturated heterocycles. The van der Waals surface area contributed by atoms with Crippen molar-refractivity contribution in [1.82, 2.24) is 4.98 Å². The van der Waals surface area contributed by atoms with Crippen LogP contribution in [0.2, 0.25) is 0 Å². The second-order valence-corrected chi connectivity index (χ2v) is 5.12. The summed E-state index contributed by atoms with van der Waals surface area (Å²) in [5, 5.41) is 2.24. The molecule has 19 heavy (non-hydrogen) atoms. The third-order valence-corrected chi connectivity index (χ3v) is 3.75. The maximum absolute atomic E-state index is 11.7. The van der Waals surface area contributed by atoms with Gasteiger partial charge in [0.25, 0.3) is 0 Å². The van der Waals surface area contributed by atoms with Crippen molar-refractivity contribution in [2.45, 2.75) is 6.92 Å². The van der Waals surface area contributed by atoms with E-state index < -0.39 is 0 Å². The van der Waals surface area contributed by atoms with Gasteiger partial charge in [-0.1, -0.05) is 18.2 Å². The summed E-state index contributed by atoms with van der Waals surface area (Å²) in [6, 6.07) is 11.6. The maximum atomic E-state index is 11.7. The minimum absolute atomic E-state index is 0.290. The molecule has 0 saturated carbocycles. The van der Waals surface area contributed by atoms with E-state index in [9.17, 15) is 4.79 Å². The number of aromatic amines is 1. The van der Waals surface area contributed by atoms with Crippen LogP contribution in [-0.2, 0) is 4.74 Å². The lowest BCUT2D eigenvalue weighted by molar-refractivity contribution is 0.0526. The van der Waals surface area contributed by atoms with E-state index in [1.165, 1.54) is 0 Å². The predicted octanol–water partition coefficient (Wildman–Crippen LogP) is 4.26. The molecule has 2 aromatic carbocycles. The number of H-pyrrole nitrogens is 1. The number of esters is 1. The highest BCUT2D eigenvalue weighted by Gasteiger charge is 2.11. The summed E-state index contributed by atoms with van der Waals surface area (Å²) >= 11 is 3.52. The zero-order chi connectivity index (χ0) is 13.4. The van der Waals surface area contributed by atoms with Crippen LogP contribution in [0, 0.1) is 0 Å². The van der Waals surface area contributed by atoms with Crippen LogP contribution in [0.3, 0.4) is 0 Å². The number of para-hydroxylation sites is 1. The van der Waals surface area contributed by atoms with Gasteiger partial charge in [0.05, 0.1) is 17.7 Å². The highest BCUT2D eigenvalue weighted by Crippen LogP contribution is 2.30. The second-order valence-electron chi connectivity index (χ2n) is 4.27. The fraction of sp³-hybridized carbons (Fsp3) is 0.133. The number of benzene rings is 2. The lowest BCUT2D eigenvalue weighted by atomic mass is 10.1. The van der Waals surface area contributed by atoms with Crippen LogP contribution in [0.25, 0.3) is 21.8 Å². The number of rotatable bonds is 2. The van der Waals surface area contributed by atoms with E-state index >= 15 is 0 Å². The van der Waals surface area contributed by atoms with Crippen molar-refractivity contribution in [3.05, 3.63) is 46.4 Å². The molecule has 96 valence electrons. The van der Waals surface area contributed by atoms with Crippen molar-refractivity contribution < 1.29 is 9.53 Å². The fourth-order valence-corrected chi connectivity index (χ4v) is 2.70. The monoisotopic (exact) mass is 317 g/mol. The Hall–Kier alpha value is -1.81. The van der Waals surface area contributed by atoms with Crippen LogP contribution >= 0.6 is 15.9 Å². The molecular weight excluding hydrogens is 306 g/mol. The third-order valence-electron chi connectivity index (χ3n) is 3.09. The highest BCUT2D eigenvalue weighted by molar-refractivity contribution is 9.10. The Morgan fingerprint density at radius 3 is 2.89 bits per heavy atom. The SMILES string of the molecule is CCOC(=O)c1ccc2c(c1)[nH]c1c(Br)cccc12. The number of fused-ring (bicyclic) bond motifs is 3. The van der Waals surface area contributed by atoms with Gasteiger partial charge in [-0.2, -0.15) is 0 Å². The molecule has 1 N–H and O–H groups in total. The van der Waals surface area contributed by atoms with Crippen molar-refractivity contribution in [3.63, 3.8) is 0 Å². The molecule has 0 atom stereocenters. The molecule has 1 heterocycles. The average Bonchev–Trinajstić information content (AvgIpc) is 2.78. The molecule has 0 radical (unpaired) electrons. The molecule has 0 spiro atoms. The summed E-state index contributed by atoms with van der Waals surface area (Å²) in [7, 11) is 0. The van der Waals surface area contributed by atoms with Crippen LogP contribution in [0.1, 0.15) is 17.3 Å². The van der Waals surface area contributed by atoms with Crippen LogP contribution in [-0.4, -0.2) is 17.6 Å². The molecule has 0 unspecified atom stereocenters. The molecule has 0 aliphatic heterocycles. The van der Waals surface area contributed by atoms with Gasteiger partial charge in [-0.25, -0.2) is 4.79 Å². The van der Waals surface area contributed by atoms with Crippen LogP contribution in [0.15, 0.2) is 40.9 Å². The van der Waals surface area contributed by atoms with Crippen molar-refractivity contribution in [2.75, 3.05) is 6.61 Å². The molecule has 3 aromatic rings. The molecule has 0 aliphatic rings. The fourth-order valence-electron chi connectivity index (χ4n) is 2.23. The minimum Gasteiger partial charge on any atom is -0.462 e. The number of carbonyl (C=O) groups is 1. The third kappa shape index (κ3) is 2.02. The van der Waals surface area contributed by atoms with Crippen molar-refractivity contribution >= 4 is 43.7 Å². The largest absolute Gasteiger partial charge is 0.462 e. The summed E-state index contributed by atoms with van der Waals surface area (Å²) in [5.41, 5.74) is 2.54. The number of carbonyl (C=O) groups excluding carboxylic acids is 1. The van der Waals surface area contributed by atoms with E-state index in [0.29, 0.717) is 12.2 Å². The smallest absolute Gasteiger partial charge is 0.338 e. The predicted molar refractivity (Wildman–Crippen MR) is 79.5 cm³/mol. The van der Waals surface area contributed by atoms with Gasteiger partial charge in [0.15, 0.2) is 0 Å². The van der Waals surface area contributed by atoms with Crippen LogP contribution in [0.5, 0.6) is 0 Å². The van der Waals surface area contributed by atoms with Gasteiger partial charge in [-0.05, 0) is 41.1 Å². The minimum atomic E-state index is -0.290. The number of hydrogen-bond donors (Lipinski definition) is 1. The lowest BCUT2D eigenvalue weighted by Crippen LogP contribution is -2.03. The molecule has 3 nitrogen and oxygen atoms in total. The van der Waals surface area contributed by atoms with E-state index in [2.05, 4.69) is 27.0 Å². The van der Waals surface area contributed by atoms with E-state index in [0.717, 1.165) is 26.3 Å². The Kier molecular flexibility index (Phi) is 3.03. The summed E-state index contributed by atoms with van der Waals surface area (Å²) < 4.78 is 6.03. The van der Waals surface area contributed by atoms with Crippen molar-refractivity contribution in [2.24, 2.45) is 0 Å². The molecule has 0 aliphatic carbocycles.